The summed E-state index contributed by atoms with van der Waals surface area (Å²) in [7, 11) is 0. The van der Waals surface area contributed by atoms with E-state index in [2.05, 4.69) is 5.32 Å². The Balaban J connectivity index is 1.65. The van der Waals surface area contributed by atoms with Crippen LogP contribution in [-0.2, 0) is 14.4 Å². The number of likely N-dealkylation sites (tertiary alicyclic amines) is 1. The van der Waals surface area contributed by atoms with Gasteiger partial charge in [0.1, 0.15) is 5.54 Å². The summed E-state index contributed by atoms with van der Waals surface area (Å²) in [6, 6.07) is 0. The van der Waals surface area contributed by atoms with Crippen molar-refractivity contribution in [2.45, 2.75) is 44.6 Å². The van der Waals surface area contributed by atoms with Crippen LogP contribution in [0.1, 0.15) is 39.0 Å². The summed E-state index contributed by atoms with van der Waals surface area (Å²) in [6.07, 6.45) is 3.62. The average Bonchev–Trinajstić information content (AvgIpc) is 3.08. The number of hydrogen-bond acceptors (Lipinski definition) is 4. The summed E-state index contributed by atoms with van der Waals surface area (Å²) in [6.45, 7) is 2.88. The van der Waals surface area contributed by atoms with Crippen molar-refractivity contribution >= 4 is 17.8 Å². The SMILES string of the molecule is CCNC1(C(=O)O)CCCC1CCN1C(=O)C2CC2C1=O. The zero-order valence-corrected chi connectivity index (χ0v) is 12.3. The largest absolute Gasteiger partial charge is 0.480 e. The number of hydrogen-bond donors (Lipinski definition) is 2. The Kier molecular flexibility index (Phi) is 3.51. The second-order valence-corrected chi connectivity index (χ2v) is 6.46. The van der Waals surface area contributed by atoms with Crippen LogP contribution in [0, 0.1) is 17.8 Å². The Hall–Kier alpha value is -1.43. The summed E-state index contributed by atoms with van der Waals surface area (Å²) >= 11 is 0. The number of carbonyl (C=O) groups excluding carboxylic acids is 2. The first-order valence-electron chi connectivity index (χ1n) is 7.85. The van der Waals surface area contributed by atoms with E-state index in [1.807, 2.05) is 6.92 Å². The number of nitrogens with one attached hydrogen (secondary N) is 1. The Labute approximate surface area is 123 Å². The molecule has 1 aliphatic heterocycles. The van der Waals surface area contributed by atoms with Crippen molar-refractivity contribution < 1.29 is 19.5 Å². The van der Waals surface area contributed by atoms with E-state index < -0.39 is 11.5 Å². The monoisotopic (exact) mass is 294 g/mol. The van der Waals surface area contributed by atoms with Crippen molar-refractivity contribution in [3.05, 3.63) is 0 Å². The molecule has 0 spiro atoms. The molecule has 2 amide bonds. The maximum atomic E-state index is 12.0. The maximum absolute atomic E-state index is 12.0. The molecule has 3 aliphatic rings. The smallest absolute Gasteiger partial charge is 0.324 e. The lowest BCUT2D eigenvalue weighted by Gasteiger charge is -2.33. The fraction of sp³-hybridized carbons (Fsp3) is 0.800. The van der Waals surface area contributed by atoms with E-state index in [9.17, 15) is 19.5 Å². The van der Waals surface area contributed by atoms with E-state index >= 15 is 0 Å². The minimum absolute atomic E-state index is 0.0209. The fourth-order valence-electron chi connectivity index (χ4n) is 4.13. The van der Waals surface area contributed by atoms with Gasteiger partial charge in [-0.15, -0.1) is 0 Å². The van der Waals surface area contributed by atoms with Crippen molar-refractivity contribution in [2.24, 2.45) is 17.8 Å². The lowest BCUT2D eigenvalue weighted by molar-refractivity contribution is -0.146. The zero-order valence-electron chi connectivity index (χ0n) is 12.3. The average molecular weight is 294 g/mol. The highest BCUT2D eigenvalue weighted by Crippen LogP contribution is 2.47. The Morgan fingerprint density at radius 2 is 2.05 bits per heavy atom. The molecule has 2 N–H and O–H groups in total. The molecule has 2 saturated carbocycles. The zero-order chi connectivity index (χ0) is 15.2. The molecule has 1 saturated heterocycles. The first kappa shape index (κ1) is 14.5. The highest BCUT2D eigenvalue weighted by Gasteiger charge is 2.59. The van der Waals surface area contributed by atoms with E-state index in [1.165, 1.54) is 4.90 Å². The molecule has 3 fully saturated rings. The van der Waals surface area contributed by atoms with Gasteiger partial charge in [-0.1, -0.05) is 13.3 Å². The lowest BCUT2D eigenvalue weighted by Crippen LogP contribution is -2.55. The number of fused-ring (bicyclic) bond motifs is 1. The van der Waals surface area contributed by atoms with Crippen LogP contribution in [0.4, 0.5) is 0 Å². The van der Waals surface area contributed by atoms with Crippen molar-refractivity contribution in [3.63, 3.8) is 0 Å². The quantitative estimate of drug-likeness (QED) is 0.701. The molecule has 6 heteroatoms. The van der Waals surface area contributed by atoms with Gasteiger partial charge in [0, 0.05) is 6.54 Å². The standard InChI is InChI=1S/C15H22N2O4/c1-2-16-15(14(20)21)6-3-4-9(15)5-7-17-12(18)10-8-11(10)13(17)19/h9-11,16H,2-8H2,1H3,(H,20,21). The summed E-state index contributed by atoms with van der Waals surface area (Å²) in [5, 5.41) is 12.7. The predicted octanol–water partition coefficient (Wildman–Crippen LogP) is 0.614. The number of carbonyl (C=O) groups is 3. The predicted molar refractivity (Wildman–Crippen MR) is 74.3 cm³/mol. The second-order valence-electron chi connectivity index (χ2n) is 6.46. The van der Waals surface area contributed by atoms with Gasteiger partial charge in [0.05, 0.1) is 11.8 Å². The molecule has 0 aromatic heterocycles. The molecule has 1 heterocycles. The number of carboxylic acid groups (broad SMARTS) is 1. The van der Waals surface area contributed by atoms with E-state index in [1.54, 1.807) is 0 Å². The Morgan fingerprint density at radius 3 is 2.62 bits per heavy atom. The molecule has 21 heavy (non-hydrogen) atoms. The van der Waals surface area contributed by atoms with Gasteiger partial charge >= 0.3 is 5.97 Å². The van der Waals surface area contributed by atoms with Crippen LogP contribution < -0.4 is 5.32 Å². The highest BCUT2D eigenvalue weighted by atomic mass is 16.4. The number of aliphatic carboxylic acids is 1. The third kappa shape index (κ3) is 2.16. The third-order valence-electron chi connectivity index (χ3n) is 5.35. The number of carboxylic acids is 1. The van der Waals surface area contributed by atoms with Crippen molar-refractivity contribution in [1.82, 2.24) is 10.2 Å². The molecule has 0 aromatic rings. The number of nitrogens with zero attached hydrogens (tertiary/aromatic N) is 1. The molecule has 0 aromatic carbocycles. The highest BCUT2D eigenvalue weighted by molar-refractivity contribution is 6.08. The topological polar surface area (TPSA) is 86.7 Å². The van der Waals surface area contributed by atoms with Gasteiger partial charge in [0.25, 0.3) is 0 Å². The molecule has 0 radical (unpaired) electrons. The van der Waals surface area contributed by atoms with E-state index in [0.29, 0.717) is 32.4 Å². The van der Waals surface area contributed by atoms with Crippen LogP contribution in [0.5, 0.6) is 0 Å². The maximum Gasteiger partial charge on any atom is 0.324 e. The molecular weight excluding hydrogens is 272 g/mol. The molecule has 2 aliphatic carbocycles. The molecule has 3 rings (SSSR count). The molecule has 116 valence electrons. The van der Waals surface area contributed by atoms with Gasteiger partial charge < -0.3 is 10.4 Å². The normalized spacial score (nSPS) is 38.0. The summed E-state index contributed by atoms with van der Waals surface area (Å²) < 4.78 is 0. The van der Waals surface area contributed by atoms with Gasteiger partial charge in [-0.05, 0) is 38.1 Å². The summed E-state index contributed by atoms with van der Waals surface area (Å²) in [5.74, 6) is -1.07. The van der Waals surface area contributed by atoms with E-state index in [0.717, 1.165) is 12.8 Å². The van der Waals surface area contributed by atoms with Gasteiger partial charge in [-0.3, -0.25) is 19.3 Å². The van der Waals surface area contributed by atoms with Crippen LogP contribution in [0.15, 0.2) is 0 Å². The minimum atomic E-state index is -0.885. The minimum Gasteiger partial charge on any atom is -0.480 e. The van der Waals surface area contributed by atoms with Gasteiger partial charge in [-0.2, -0.15) is 0 Å². The number of imide groups is 1. The molecule has 6 nitrogen and oxygen atoms in total. The molecule has 0 bridgehead atoms. The van der Waals surface area contributed by atoms with E-state index in [4.69, 9.17) is 0 Å². The lowest BCUT2D eigenvalue weighted by atomic mass is 9.84. The second kappa shape index (κ2) is 5.09. The van der Waals surface area contributed by atoms with Crippen LogP contribution >= 0.6 is 0 Å². The Morgan fingerprint density at radius 1 is 1.38 bits per heavy atom. The van der Waals surface area contributed by atoms with Crippen LogP contribution in [0.3, 0.4) is 0 Å². The molecule has 4 unspecified atom stereocenters. The fourth-order valence-corrected chi connectivity index (χ4v) is 4.13. The van der Waals surface area contributed by atoms with Crippen molar-refractivity contribution in [2.75, 3.05) is 13.1 Å². The number of rotatable bonds is 6. The number of likely N-dealkylation sites (N-methyl/N-ethyl adjacent to an activating group) is 1. The van der Waals surface area contributed by atoms with Gasteiger partial charge in [0.2, 0.25) is 11.8 Å². The van der Waals surface area contributed by atoms with Gasteiger partial charge in [-0.25, -0.2) is 0 Å². The van der Waals surface area contributed by atoms with Crippen LogP contribution in [0.25, 0.3) is 0 Å². The molecule has 4 atom stereocenters. The first-order valence-corrected chi connectivity index (χ1v) is 7.85. The van der Waals surface area contributed by atoms with E-state index in [-0.39, 0.29) is 29.6 Å². The van der Waals surface area contributed by atoms with Crippen LogP contribution in [-0.4, -0.2) is 46.4 Å². The third-order valence-corrected chi connectivity index (χ3v) is 5.35. The van der Waals surface area contributed by atoms with Crippen molar-refractivity contribution in [1.29, 1.82) is 0 Å². The first-order chi connectivity index (χ1) is 10.0. The van der Waals surface area contributed by atoms with Crippen molar-refractivity contribution in [3.8, 4) is 0 Å². The Bertz CT molecular complexity index is 472. The number of amides is 2. The number of piperidine rings is 1. The summed E-state index contributed by atoms with van der Waals surface area (Å²) in [5.41, 5.74) is -0.885. The van der Waals surface area contributed by atoms with Gasteiger partial charge in [0.15, 0.2) is 0 Å². The van der Waals surface area contributed by atoms with Crippen LogP contribution in [0.2, 0.25) is 0 Å². The molecular formula is C15H22N2O4. The summed E-state index contributed by atoms with van der Waals surface area (Å²) in [4.78, 5) is 37.0.